The van der Waals surface area contributed by atoms with Gasteiger partial charge in [-0.2, -0.15) is 0 Å². The number of anilines is 1. The van der Waals surface area contributed by atoms with Crippen molar-refractivity contribution in [3.05, 3.63) is 46.4 Å². The largest absolute Gasteiger partial charge is 0.486 e. The summed E-state index contributed by atoms with van der Waals surface area (Å²) in [4.78, 5) is 25.4. The summed E-state index contributed by atoms with van der Waals surface area (Å²) >= 11 is 3.47. The van der Waals surface area contributed by atoms with E-state index in [9.17, 15) is 9.59 Å². The van der Waals surface area contributed by atoms with Gasteiger partial charge in [0.25, 0.3) is 5.91 Å². The van der Waals surface area contributed by atoms with Crippen LogP contribution in [0.3, 0.4) is 0 Å². The fraction of sp³-hybridized carbons (Fsp3) is 0.300. The summed E-state index contributed by atoms with van der Waals surface area (Å²) in [6.07, 6.45) is 0.187. The summed E-state index contributed by atoms with van der Waals surface area (Å²) in [5.74, 6) is 1.59. The van der Waals surface area contributed by atoms with Crippen LogP contribution in [0.1, 0.15) is 5.56 Å². The van der Waals surface area contributed by atoms with Crippen LogP contribution in [0, 0.1) is 0 Å². The highest BCUT2D eigenvalue weighted by atomic mass is 79.9. The molecule has 1 aliphatic rings. The number of halogens is 1. The smallest absolute Gasteiger partial charge is 0.259 e. The van der Waals surface area contributed by atoms with Gasteiger partial charge in [-0.1, -0.05) is 15.9 Å². The van der Waals surface area contributed by atoms with Crippen LogP contribution in [-0.2, 0) is 16.0 Å². The number of nitrogens with zero attached hydrogens (tertiary/aromatic N) is 1. The predicted octanol–water partition coefficient (Wildman–Crippen LogP) is 2.87. The van der Waals surface area contributed by atoms with Gasteiger partial charge in [0.15, 0.2) is 18.1 Å². The Hall–Kier alpha value is -2.74. The van der Waals surface area contributed by atoms with Crippen molar-refractivity contribution in [2.75, 3.05) is 39.2 Å². The first-order valence-corrected chi connectivity index (χ1v) is 9.52. The molecule has 2 aromatic rings. The molecule has 0 spiro atoms. The van der Waals surface area contributed by atoms with Gasteiger partial charge >= 0.3 is 0 Å². The minimum Gasteiger partial charge on any atom is -0.486 e. The SMILES string of the molecule is CN(C)C(=O)COc1ccc(NC(=O)Cc2cc3c(cc2Br)OCCO3)cc1. The second-order valence-corrected chi connectivity index (χ2v) is 7.27. The van der Waals surface area contributed by atoms with E-state index in [2.05, 4.69) is 21.2 Å². The van der Waals surface area contributed by atoms with E-state index >= 15 is 0 Å². The number of likely N-dealkylation sites (N-methyl/N-ethyl adjacent to an activating group) is 1. The van der Waals surface area contributed by atoms with Crippen molar-refractivity contribution in [1.82, 2.24) is 4.90 Å². The highest BCUT2D eigenvalue weighted by molar-refractivity contribution is 9.10. The van der Waals surface area contributed by atoms with Gasteiger partial charge in [0.05, 0.1) is 6.42 Å². The number of amides is 2. The molecular formula is C20H21BrN2O5. The first-order valence-electron chi connectivity index (χ1n) is 8.73. The molecule has 1 N–H and O–H groups in total. The molecular weight excluding hydrogens is 428 g/mol. The third-order valence-electron chi connectivity index (χ3n) is 4.06. The molecule has 0 saturated carbocycles. The zero-order valence-electron chi connectivity index (χ0n) is 15.7. The molecule has 1 aliphatic heterocycles. The second-order valence-electron chi connectivity index (χ2n) is 6.41. The van der Waals surface area contributed by atoms with E-state index in [-0.39, 0.29) is 24.8 Å². The van der Waals surface area contributed by atoms with E-state index in [4.69, 9.17) is 14.2 Å². The van der Waals surface area contributed by atoms with Crippen molar-refractivity contribution in [3.8, 4) is 17.2 Å². The van der Waals surface area contributed by atoms with Crippen LogP contribution in [0.15, 0.2) is 40.9 Å². The Morgan fingerprint density at radius 1 is 1.11 bits per heavy atom. The average molecular weight is 449 g/mol. The van der Waals surface area contributed by atoms with Crippen LogP contribution in [0.25, 0.3) is 0 Å². The molecule has 28 heavy (non-hydrogen) atoms. The summed E-state index contributed by atoms with van der Waals surface area (Å²) < 4.78 is 17.3. The molecule has 0 saturated heterocycles. The second kappa shape index (κ2) is 8.97. The number of rotatable bonds is 6. The number of carbonyl (C=O) groups excluding carboxylic acids is 2. The van der Waals surface area contributed by atoms with Crippen molar-refractivity contribution in [3.63, 3.8) is 0 Å². The van der Waals surface area contributed by atoms with Crippen LogP contribution in [0.4, 0.5) is 5.69 Å². The molecule has 0 fully saturated rings. The van der Waals surface area contributed by atoms with Gasteiger partial charge in [0.1, 0.15) is 19.0 Å². The van der Waals surface area contributed by atoms with E-state index in [1.54, 1.807) is 38.4 Å². The average Bonchev–Trinajstić information content (AvgIpc) is 2.67. The number of benzene rings is 2. The van der Waals surface area contributed by atoms with Gasteiger partial charge in [0.2, 0.25) is 5.91 Å². The zero-order valence-corrected chi connectivity index (χ0v) is 17.2. The van der Waals surface area contributed by atoms with Gasteiger partial charge in [-0.15, -0.1) is 0 Å². The lowest BCUT2D eigenvalue weighted by atomic mass is 10.1. The fourth-order valence-corrected chi connectivity index (χ4v) is 2.99. The first kappa shape index (κ1) is 20.0. The van der Waals surface area contributed by atoms with Gasteiger partial charge in [0, 0.05) is 24.3 Å². The van der Waals surface area contributed by atoms with E-state index < -0.39 is 0 Å². The Morgan fingerprint density at radius 2 is 1.75 bits per heavy atom. The Bertz CT molecular complexity index is 868. The molecule has 2 aromatic carbocycles. The fourth-order valence-electron chi connectivity index (χ4n) is 2.53. The molecule has 148 valence electrons. The molecule has 0 radical (unpaired) electrons. The maximum absolute atomic E-state index is 12.4. The maximum Gasteiger partial charge on any atom is 0.259 e. The van der Waals surface area contributed by atoms with Crippen LogP contribution in [0.5, 0.6) is 17.2 Å². The lowest BCUT2D eigenvalue weighted by Gasteiger charge is -2.19. The quantitative estimate of drug-likeness (QED) is 0.734. The third-order valence-corrected chi connectivity index (χ3v) is 4.80. The zero-order chi connectivity index (χ0) is 20.1. The Balaban J connectivity index is 1.57. The monoisotopic (exact) mass is 448 g/mol. The normalized spacial score (nSPS) is 12.2. The summed E-state index contributed by atoms with van der Waals surface area (Å²) in [6, 6.07) is 10.5. The molecule has 0 bridgehead atoms. The van der Waals surface area contributed by atoms with Gasteiger partial charge < -0.3 is 24.4 Å². The van der Waals surface area contributed by atoms with E-state index in [1.165, 1.54) is 4.90 Å². The lowest BCUT2D eigenvalue weighted by Crippen LogP contribution is -2.27. The molecule has 3 rings (SSSR count). The first-order chi connectivity index (χ1) is 13.4. The van der Waals surface area contributed by atoms with Crippen molar-refractivity contribution in [2.45, 2.75) is 6.42 Å². The Kier molecular flexibility index (Phi) is 6.41. The standard InChI is InChI=1S/C20H21BrN2O5/c1-23(2)20(25)12-28-15-5-3-14(4-6-15)22-19(24)10-13-9-17-18(11-16(13)21)27-8-7-26-17/h3-6,9,11H,7-8,10,12H2,1-2H3,(H,22,24). The molecule has 0 aromatic heterocycles. The summed E-state index contributed by atoms with van der Waals surface area (Å²) in [6.45, 7) is 0.980. The topological polar surface area (TPSA) is 77.1 Å². The lowest BCUT2D eigenvalue weighted by molar-refractivity contribution is -0.130. The molecule has 0 unspecified atom stereocenters. The molecule has 7 nitrogen and oxygen atoms in total. The van der Waals surface area contributed by atoms with Gasteiger partial charge in [-0.3, -0.25) is 9.59 Å². The summed E-state index contributed by atoms with van der Waals surface area (Å²) in [5.41, 5.74) is 1.45. The Morgan fingerprint density at radius 3 is 2.39 bits per heavy atom. The summed E-state index contributed by atoms with van der Waals surface area (Å²) in [7, 11) is 3.34. The minimum atomic E-state index is -0.158. The minimum absolute atomic E-state index is 0.0309. The number of hydrogen-bond donors (Lipinski definition) is 1. The number of fused-ring (bicyclic) bond motifs is 1. The van der Waals surface area contributed by atoms with Crippen molar-refractivity contribution in [2.24, 2.45) is 0 Å². The van der Waals surface area contributed by atoms with Crippen molar-refractivity contribution >= 4 is 33.4 Å². The number of nitrogens with one attached hydrogen (secondary N) is 1. The molecule has 0 atom stereocenters. The Labute approximate surface area is 171 Å². The molecule has 2 amide bonds. The highest BCUT2D eigenvalue weighted by Crippen LogP contribution is 2.35. The molecule has 1 heterocycles. The van der Waals surface area contributed by atoms with E-state index in [1.807, 2.05) is 12.1 Å². The van der Waals surface area contributed by atoms with Crippen LogP contribution >= 0.6 is 15.9 Å². The van der Waals surface area contributed by atoms with Crippen LogP contribution < -0.4 is 19.5 Å². The van der Waals surface area contributed by atoms with E-state index in [0.717, 1.165) is 10.0 Å². The van der Waals surface area contributed by atoms with Crippen LogP contribution in [0.2, 0.25) is 0 Å². The van der Waals surface area contributed by atoms with Crippen molar-refractivity contribution < 1.29 is 23.8 Å². The number of carbonyl (C=O) groups is 2. The third kappa shape index (κ3) is 5.16. The van der Waals surface area contributed by atoms with Crippen LogP contribution in [-0.4, -0.2) is 50.6 Å². The molecule has 8 heteroatoms. The predicted molar refractivity (Wildman–Crippen MR) is 108 cm³/mol. The number of hydrogen-bond acceptors (Lipinski definition) is 5. The van der Waals surface area contributed by atoms with Crippen molar-refractivity contribution in [1.29, 1.82) is 0 Å². The summed E-state index contributed by atoms with van der Waals surface area (Å²) in [5, 5.41) is 2.85. The maximum atomic E-state index is 12.4. The number of ether oxygens (including phenoxy) is 3. The molecule has 0 aliphatic carbocycles. The van der Waals surface area contributed by atoms with Gasteiger partial charge in [-0.05, 0) is 42.0 Å². The highest BCUT2D eigenvalue weighted by Gasteiger charge is 2.16. The van der Waals surface area contributed by atoms with Gasteiger partial charge in [-0.25, -0.2) is 0 Å². The van der Waals surface area contributed by atoms with E-state index in [0.29, 0.717) is 36.1 Å².